The van der Waals surface area contributed by atoms with Gasteiger partial charge < -0.3 is 15.2 Å². The topological polar surface area (TPSA) is 47.7 Å². The van der Waals surface area contributed by atoms with Crippen molar-refractivity contribution in [2.45, 2.75) is 26.2 Å². The fourth-order valence-electron chi connectivity index (χ4n) is 2.63. The molecule has 20 heavy (non-hydrogen) atoms. The minimum absolute atomic E-state index is 0.623. The molecule has 1 heterocycles. The molecule has 2 rings (SSSR count). The molecule has 1 aliphatic heterocycles. The van der Waals surface area contributed by atoms with E-state index in [4.69, 9.17) is 15.2 Å². The zero-order valence-electron chi connectivity index (χ0n) is 12.4. The second kappa shape index (κ2) is 8.12. The first kappa shape index (κ1) is 15.1. The quantitative estimate of drug-likeness (QED) is 0.791. The second-order valence-corrected chi connectivity index (χ2v) is 5.11. The lowest BCUT2D eigenvalue weighted by Gasteiger charge is -2.18. The average molecular weight is 278 g/mol. The number of para-hydroxylation sites is 1. The van der Waals surface area contributed by atoms with E-state index in [1.54, 1.807) is 0 Å². The Morgan fingerprint density at radius 3 is 2.70 bits per heavy atom. The lowest BCUT2D eigenvalue weighted by atomic mass is 10.1. The van der Waals surface area contributed by atoms with Gasteiger partial charge in [-0.25, -0.2) is 0 Å². The molecule has 1 fully saturated rings. The van der Waals surface area contributed by atoms with Crippen LogP contribution in [0.25, 0.3) is 0 Å². The van der Waals surface area contributed by atoms with Crippen LogP contribution in [0, 0.1) is 0 Å². The third-order valence-electron chi connectivity index (χ3n) is 3.63. The summed E-state index contributed by atoms with van der Waals surface area (Å²) in [5.41, 5.74) is 6.82. The fraction of sp³-hybridized carbons (Fsp3) is 0.625. The SMILES string of the molecule is CCOc1cccc(CCN)c1OCCN1CCCC1. The lowest BCUT2D eigenvalue weighted by Crippen LogP contribution is -2.25. The van der Waals surface area contributed by atoms with Gasteiger partial charge in [-0.2, -0.15) is 0 Å². The van der Waals surface area contributed by atoms with Gasteiger partial charge in [0.1, 0.15) is 6.61 Å². The Morgan fingerprint density at radius 2 is 2.00 bits per heavy atom. The van der Waals surface area contributed by atoms with Crippen LogP contribution in [-0.4, -0.2) is 44.3 Å². The van der Waals surface area contributed by atoms with E-state index in [1.807, 2.05) is 19.1 Å². The van der Waals surface area contributed by atoms with Crippen molar-refractivity contribution in [2.75, 3.05) is 39.4 Å². The molecule has 0 bridgehead atoms. The van der Waals surface area contributed by atoms with Crippen LogP contribution in [0.4, 0.5) is 0 Å². The maximum atomic E-state index is 6.01. The first-order valence-corrected chi connectivity index (χ1v) is 7.65. The molecule has 1 aliphatic rings. The minimum atomic E-state index is 0.623. The summed E-state index contributed by atoms with van der Waals surface area (Å²) >= 11 is 0. The van der Waals surface area contributed by atoms with E-state index in [2.05, 4.69) is 11.0 Å². The van der Waals surface area contributed by atoms with Gasteiger partial charge in [0.2, 0.25) is 0 Å². The third-order valence-corrected chi connectivity index (χ3v) is 3.63. The minimum Gasteiger partial charge on any atom is -0.490 e. The number of nitrogens with two attached hydrogens (primary N) is 1. The molecule has 1 saturated heterocycles. The molecule has 0 aliphatic carbocycles. The van der Waals surface area contributed by atoms with E-state index in [1.165, 1.54) is 25.9 Å². The van der Waals surface area contributed by atoms with E-state index < -0.39 is 0 Å². The number of hydrogen-bond donors (Lipinski definition) is 1. The molecule has 0 atom stereocenters. The van der Waals surface area contributed by atoms with Gasteiger partial charge in [-0.3, -0.25) is 4.90 Å². The highest BCUT2D eigenvalue weighted by atomic mass is 16.5. The van der Waals surface area contributed by atoms with Gasteiger partial charge in [0, 0.05) is 6.54 Å². The summed E-state index contributed by atoms with van der Waals surface area (Å²) in [6.45, 7) is 7.36. The fourth-order valence-corrected chi connectivity index (χ4v) is 2.63. The van der Waals surface area contributed by atoms with Crippen LogP contribution in [0.15, 0.2) is 18.2 Å². The Hall–Kier alpha value is -1.26. The lowest BCUT2D eigenvalue weighted by molar-refractivity contribution is 0.224. The van der Waals surface area contributed by atoms with Crippen molar-refractivity contribution in [3.05, 3.63) is 23.8 Å². The van der Waals surface area contributed by atoms with Crippen LogP contribution >= 0.6 is 0 Å². The van der Waals surface area contributed by atoms with Crippen LogP contribution < -0.4 is 15.2 Å². The van der Waals surface area contributed by atoms with Gasteiger partial charge in [0.15, 0.2) is 11.5 Å². The van der Waals surface area contributed by atoms with Crippen molar-refractivity contribution < 1.29 is 9.47 Å². The van der Waals surface area contributed by atoms with Crippen LogP contribution in [0.3, 0.4) is 0 Å². The number of ether oxygens (including phenoxy) is 2. The van der Waals surface area contributed by atoms with Crippen molar-refractivity contribution in [3.63, 3.8) is 0 Å². The summed E-state index contributed by atoms with van der Waals surface area (Å²) in [4.78, 5) is 2.45. The summed E-state index contributed by atoms with van der Waals surface area (Å²) in [5.74, 6) is 1.71. The molecular formula is C16H26N2O2. The number of hydrogen-bond acceptors (Lipinski definition) is 4. The Morgan fingerprint density at radius 1 is 1.20 bits per heavy atom. The van der Waals surface area contributed by atoms with Crippen molar-refractivity contribution in [1.82, 2.24) is 4.90 Å². The maximum absolute atomic E-state index is 6.01. The Bertz CT molecular complexity index is 379. The Balaban J connectivity index is 1.98. The van der Waals surface area contributed by atoms with Gasteiger partial charge in [0.25, 0.3) is 0 Å². The molecule has 0 unspecified atom stereocenters. The smallest absolute Gasteiger partial charge is 0.164 e. The van der Waals surface area contributed by atoms with Gasteiger partial charge in [0.05, 0.1) is 6.61 Å². The van der Waals surface area contributed by atoms with E-state index in [0.717, 1.165) is 30.0 Å². The normalized spacial score (nSPS) is 15.5. The maximum Gasteiger partial charge on any atom is 0.164 e. The van der Waals surface area contributed by atoms with Crippen LogP contribution in [-0.2, 0) is 6.42 Å². The predicted octanol–water partition coefficient (Wildman–Crippen LogP) is 2.06. The highest BCUT2D eigenvalue weighted by Crippen LogP contribution is 2.31. The Kier molecular flexibility index (Phi) is 6.15. The summed E-state index contributed by atoms with van der Waals surface area (Å²) < 4.78 is 11.7. The van der Waals surface area contributed by atoms with Gasteiger partial charge in [-0.1, -0.05) is 12.1 Å². The van der Waals surface area contributed by atoms with Crippen molar-refractivity contribution >= 4 is 0 Å². The standard InChI is InChI=1S/C16H26N2O2/c1-2-19-15-7-5-6-14(8-9-17)16(15)20-13-12-18-10-3-4-11-18/h5-7H,2-4,8-13,17H2,1H3. The van der Waals surface area contributed by atoms with Crippen molar-refractivity contribution in [2.24, 2.45) is 5.73 Å². The molecule has 2 N–H and O–H groups in total. The van der Waals surface area contributed by atoms with E-state index in [-0.39, 0.29) is 0 Å². The monoisotopic (exact) mass is 278 g/mol. The average Bonchev–Trinajstić information content (AvgIpc) is 2.95. The molecule has 0 spiro atoms. The zero-order chi connectivity index (χ0) is 14.2. The predicted molar refractivity (Wildman–Crippen MR) is 81.5 cm³/mol. The first-order chi connectivity index (χ1) is 9.85. The molecule has 0 saturated carbocycles. The highest BCUT2D eigenvalue weighted by Gasteiger charge is 2.13. The summed E-state index contributed by atoms with van der Waals surface area (Å²) in [6, 6.07) is 6.04. The number of likely N-dealkylation sites (tertiary alicyclic amines) is 1. The Labute approximate surface area is 121 Å². The van der Waals surface area contributed by atoms with Crippen LogP contribution in [0.1, 0.15) is 25.3 Å². The van der Waals surface area contributed by atoms with Crippen LogP contribution in [0.5, 0.6) is 11.5 Å². The second-order valence-electron chi connectivity index (χ2n) is 5.11. The molecule has 1 aromatic carbocycles. The van der Waals surface area contributed by atoms with Gasteiger partial charge in [-0.15, -0.1) is 0 Å². The summed E-state index contributed by atoms with van der Waals surface area (Å²) in [6.07, 6.45) is 3.45. The molecule has 1 aromatic rings. The summed E-state index contributed by atoms with van der Waals surface area (Å²) in [7, 11) is 0. The molecule has 112 valence electrons. The van der Waals surface area contributed by atoms with Crippen molar-refractivity contribution in [3.8, 4) is 11.5 Å². The highest BCUT2D eigenvalue weighted by molar-refractivity contribution is 5.46. The van der Waals surface area contributed by atoms with Gasteiger partial charge in [-0.05, 0) is 57.5 Å². The number of nitrogens with zero attached hydrogens (tertiary/aromatic N) is 1. The molecule has 0 amide bonds. The van der Waals surface area contributed by atoms with E-state index in [9.17, 15) is 0 Å². The molecule has 4 nitrogen and oxygen atoms in total. The zero-order valence-corrected chi connectivity index (χ0v) is 12.4. The van der Waals surface area contributed by atoms with Gasteiger partial charge >= 0.3 is 0 Å². The van der Waals surface area contributed by atoms with E-state index in [0.29, 0.717) is 19.8 Å². The van der Waals surface area contributed by atoms with Crippen LogP contribution in [0.2, 0.25) is 0 Å². The molecule has 4 heteroatoms. The molecular weight excluding hydrogens is 252 g/mol. The number of benzene rings is 1. The van der Waals surface area contributed by atoms with Crippen molar-refractivity contribution in [1.29, 1.82) is 0 Å². The molecule has 0 aromatic heterocycles. The third kappa shape index (κ3) is 4.12. The number of rotatable bonds is 8. The first-order valence-electron chi connectivity index (χ1n) is 7.65. The molecule has 0 radical (unpaired) electrons. The van der Waals surface area contributed by atoms with E-state index >= 15 is 0 Å². The largest absolute Gasteiger partial charge is 0.490 e. The summed E-state index contributed by atoms with van der Waals surface area (Å²) in [5, 5.41) is 0.